The first-order chi connectivity index (χ1) is 15.8. The van der Waals surface area contributed by atoms with Crippen LogP contribution in [0.5, 0.6) is 0 Å². The molecular formula is C24H36O9Si. The van der Waals surface area contributed by atoms with E-state index in [9.17, 15) is 19.5 Å². The fourth-order valence-electron chi connectivity index (χ4n) is 3.91. The van der Waals surface area contributed by atoms with Crippen molar-refractivity contribution >= 4 is 26.0 Å². The van der Waals surface area contributed by atoms with Gasteiger partial charge in [-0.25, -0.2) is 0 Å². The molecule has 1 aliphatic rings. The van der Waals surface area contributed by atoms with Crippen LogP contribution in [0, 0.1) is 0 Å². The molecule has 0 bridgehead atoms. The third kappa shape index (κ3) is 7.90. The molecule has 2 rings (SSSR count). The van der Waals surface area contributed by atoms with Gasteiger partial charge in [-0.05, 0) is 12.0 Å². The van der Waals surface area contributed by atoms with E-state index in [4.69, 9.17) is 23.7 Å². The number of ether oxygens (including phenoxy) is 5. The van der Waals surface area contributed by atoms with Gasteiger partial charge in [-0.3, -0.25) is 14.4 Å². The van der Waals surface area contributed by atoms with Crippen molar-refractivity contribution in [3.63, 3.8) is 0 Å². The summed E-state index contributed by atoms with van der Waals surface area (Å²) >= 11 is 0. The Labute approximate surface area is 201 Å². The van der Waals surface area contributed by atoms with Gasteiger partial charge in [0.15, 0.2) is 18.5 Å². The molecule has 1 fully saturated rings. The largest absolute Gasteiger partial charge is 0.456 e. The van der Waals surface area contributed by atoms with Crippen LogP contribution in [0.2, 0.25) is 25.7 Å². The van der Waals surface area contributed by atoms with Crippen LogP contribution in [0.3, 0.4) is 0 Å². The number of carbonyl (C=O) groups excluding carboxylic acids is 3. The minimum atomic E-state index is -1.74. The zero-order chi connectivity index (χ0) is 25.5. The lowest BCUT2D eigenvalue weighted by Crippen LogP contribution is -2.70. The van der Waals surface area contributed by atoms with Crippen LogP contribution in [-0.2, 0) is 44.7 Å². The minimum Gasteiger partial charge on any atom is -0.456 e. The SMILES string of the molecule is CC(=O)O[C@H]1[C@@H](COCc2ccccc2)OC(O)[C@](CC[Si](C)(C)C)(OC(C)=O)[C@H]1OC(C)=O. The van der Waals surface area contributed by atoms with E-state index < -0.39 is 56.2 Å². The van der Waals surface area contributed by atoms with E-state index in [0.29, 0.717) is 6.04 Å². The molecule has 0 spiro atoms. The molecule has 1 saturated heterocycles. The highest BCUT2D eigenvalue weighted by Crippen LogP contribution is 2.41. The minimum absolute atomic E-state index is 0.0637. The third-order valence-corrected chi connectivity index (χ3v) is 7.21. The molecule has 0 aliphatic carbocycles. The predicted molar refractivity (Wildman–Crippen MR) is 125 cm³/mol. The molecule has 1 aromatic rings. The van der Waals surface area contributed by atoms with E-state index in [1.807, 2.05) is 30.3 Å². The fraction of sp³-hybridized carbons (Fsp3) is 0.625. The molecule has 9 nitrogen and oxygen atoms in total. The Hall–Kier alpha value is -2.27. The molecule has 0 radical (unpaired) electrons. The zero-order valence-electron chi connectivity index (χ0n) is 20.7. The lowest BCUT2D eigenvalue weighted by Gasteiger charge is -2.50. The molecule has 1 heterocycles. The molecule has 190 valence electrons. The number of hydrogen-bond acceptors (Lipinski definition) is 9. The summed E-state index contributed by atoms with van der Waals surface area (Å²) < 4.78 is 28.3. The first kappa shape index (κ1) is 28.0. The Morgan fingerprint density at radius 2 is 1.62 bits per heavy atom. The first-order valence-corrected chi connectivity index (χ1v) is 15.0. The second-order valence-corrected chi connectivity index (χ2v) is 15.4. The summed E-state index contributed by atoms with van der Waals surface area (Å²) in [5.41, 5.74) is -0.822. The predicted octanol–water partition coefficient (Wildman–Crippen LogP) is 2.81. The summed E-state index contributed by atoms with van der Waals surface area (Å²) in [5.74, 6) is -2.00. The van der Waals surface area contributed by atoms with Crippen molar-refractivity contribution in [3.05, 3.63) is 35.9 Å². The maximum Gasteiger partial charge on any atom is 0.303 e. The number of hydrogen-bond donors (Lipinski definition) is 1. The molecule has 1 aliphatic heterocycles. The standard InChI is InChI=1S/C24H36O9Si/c1-16(25)30-21-20(15-29-14-19-10-8-7-9-11-19)32-23(28)24(33-18(3)27,12-13-34(4,5)6)22(21)31-17(2)26/h7-11,20-23,28H,12-15H2,1-6H3/t20-,21+,22+,23?,24-/m1/s1. The molecule has 0 saturated carbocycles. The average Bonchev–Trinajstić information content (AvgIpc) is 2.71. The van der Waals surface area contributed by atoms with Gasteiger partial charge in [0, 0.05) is 28.8 Å². The molecule has 0 amide bonds. The number of benzene rings is 1. The Morgan fingerprint density at radius 3 is 2.15 bits per heavy atom. The van der Waals surface area contributed by atoms with Gasteiger partial charge in [0.2, 0.25) is 5.60 Å². The summed E-state index contributed by atoms with van der Waals surface area (Å²) in [6, 6.07) is 10.1. The lowest BCUT2D eigenvalue weighted by atomic mass is 9.83. The molecule has 1 unspecified atom stereocenters. The van der Waals surface area contributed by atoms with Crippen molar-refractivity contribution in [1.29, 1.82) is 0 Å². The number of aliphatic hydroxyl groups is 1. The first-order valence-electron chi connectivity index (χ1n) is 11.3. The van der Waals surface area contributed by atoms with Gasteiger partial charge < -0.3 is 28.8 Å². The number of carbonyl (C=O) groups is 3. The highest BCUT2D eigenvalue weighted by atomic mass is 28.3. The Kier molecular flexibility index (Phi) is 9.81. The summed E-state index contributed by atoms with van der Waals surface area (Å²) in [7, 11) is -1.70. The van der Waals surface area contributed by atoms with Gasteiger partial charge in [-0.1, -0.05) is 56.0 Å². The van der Waals surface area contributed by atoms with Crippen LogP contribution in [0.25, 0.3) is 0 Å². The van der Waals surface area contributed by atoms with Crippen LogP contribution >= 0.6 is 0 Å². The smallest absolute Gasteiger partial charge is 0.303 e. The van der Waals surface area contributed by atoms with E-state index >= 15 is 0 Å². The highest BCUT2D eigenvalue weighted by molar-refractivity contribution is 6.76. The van der Waals surface area contributed by atoms with Crippen LogP contribution in [-0.4, -0.2) is 67.9 Å². The molecule has 10 heteroatoms. The third-order valence-electron chi connectivity index (χ3n) is 5.46. The van der Waals surface area contributed by atoms with Crippen molar-refractivity contribution in [2.75, 3.05) is 6.61 Å². The topological polar surface area (TPSA) is 118 Å². The van der Waals surface area contributed by atoms with Gasteiger partial charge in [0.05, 0.1) is 13.2 Å². The molecule has 1 N–H and O–H groups in total. The van der Waals surface area contributed by atoms with Crippen LogP contribution in [0.15, 0.2) is 30.3 Å². The number of aliphatic hydroxyl groups excluding tert-OH is 1. The Balaban J connectivity index is 2.39. The van der Waals surface area contributed by atoms with Crippen LogP contribution < -0.4 is 0 Å². The molecule has 1 aromatic carbocycles. The Bertz CT molecular complexity index is 839. The average molecular weight is 497 g/mol. The molecular weight excluding hydrogens is 460 g/mol. The van der Waals surface area contributed by atoms with E-state index in [1.54, 1.807) is 0 Å². The van der Waals surface area contributed by atoms with Crippen molar-refractivity contribution in [3.8, 4) is 0 Å². The normalized spacial score (nSPS) is 27.0. The number of esters is 3. The lowest BCUT2D eigenvalue weighted by molar-refractivity contribution is -0.336. The molecule has 5 atom stereocenters. The summed E-state index contributed by atoms with van der Waals surface area (Å²) in [6.07, 6.45) is -4.89. The second-order valence-electron chi connectivity index (χ2n) is 9.74. The highest BCUT2D eigenvalue weighted by Gasteiger charge is 2.62. The van der Waals surface area contributed by atoms with E-state index in [2.05, 4.69) is 19.6 Å². The maximum absolute atomic E-state index is 12.1. The van der Waals surface area contributed by atoms with E-state index in [0.717, 1.165) is 5.56 Å². The Morgan fingerprint density at radius 1 is 1.00 bits per heavy atom. The second kappa shape index (κ2) is 11.9. The van der Waals surface area contributed by atoms with Gasteiger partial charge in [0.25, 0.3) is 0 Å². The zero-order valence-corrected chi connectivity index (χ0v) is 21.7. The van der Waals surface area contributed by atoms with E-state index in [1.165, 1.54) is 20.8 Å². The van der Waals surface area contributed by atoms with Gasteiger partial charge in [-0.2, -0.15) is 0 Å². The number of rotatable bonds is 10. The van der Waals surface area contributed by atoms with Crippen molar-refractivity contribution in [2.45, 2.75) is 89.7 Å². The quantitative estimate of drug-likeness (QED) is 0.296. The van der Waals surface area contributed by atoms with Crippen molar-refractivity contribution in [2.24, 2.45) is 0 Å². The fourth-order valence-corrected chi connectivity index (χ4v) is 5.05. The van der Waals surface area contributed by atoms with Gasteiger partial charge in [-0.15, -0.1) is 0 Å². The van der Waals surface area contributed by atoms with Crippen LogP contribution in [0.4, 0.5) is 0 Å². The summed E-state index contributed by atoms with van der Waals surface area (Å²) in [4.78, 5) is 36.2. The van der Waals surface area contributed by atoms with Crippen LogP contribution in [0.1, 0.15) is 32.8 Å². The van der Waals surface area contributed by atoms with E-state index in [-0.39, 0.29) is 19.6 Å². The summed E-state index contributed by atoms with van der Waals surface area (Å²) in [6.45, 7) is 10.2. The maximum atomic E-state index is 12.1. The van der Waals surface area contributed by atoms with Gasteiger partial charge >= 0.3 is 17.9 Å². The summed E-state index contributed by atoms with van der Waals surface area (Å²) in [5, 5.41) is 11.1. The van der Waals surface area contributed by atoms with Crippen molar-refractivity contribution in [1.82, 2.24) is 0 Å². The molecule has 0 aromatic heterocycles. The van der Waals surface area contributed by atoms with Crippen molar-refractivity contribution < 1.29 is 43.2 Å². The monoisotopic (exact) mass is 496 g/mol. The van der Waals surface area contributed by atoms with Gasteiger partial charge in [0.1, 0.15) is 6.10 Å². The molecule has 34 heavy (non-hydrogen) atoms.